The third kappa shape index (κ3) is 3.08. The van der Waals surface area contributed by atoms with E-state index in [0.717, 1.165) is 17.9 Å². The van der Waals surface area contributed by atoms with Gasteiger partial charge in [-0.15, -0.1) is 0 Å². The molecule has 3 heteroatoms. The number of aromatic nitrogens is 1. The van der Waals surface area contributed by atoms with Crippen LogP contribution in [0.2, 0.25) is 0 Å². The number of nitrogens with zero attached hydrogens (tertiary/aromatic N) is 1. The fraction of sp³-hybridized carbons (Fsp3) is 0.267. The Morgan fingerprint density at radius 1 is 1.11 bits per heavy atom. The molecule has 0 bridgehead atoms. The summed E-state index contributed by atoms with van der Waals surface area (Å²) in [5.41, 5.74) is 8.96. The van der Waals surface area contributed by atoms with Gasteiger partial charge in [0.2, 0.25) is 0 Å². The first-order chi connectivity index (χ1) is 8.81. The summed E-state index contributed by atoms with van der Waals surface area (Å²) < 4.78 is 5.81. The Morgan fingerprint density at radius 3 is 2.61 bits per heavy atom. The summed E-state index contributed by atoms with van der Waals surface area (Å²) in [4.78, 5) is 4.21. The van der Waals surface area contributed by atoms with Crippen molar-refractivity contribution in [3.63, 3.8) is 0 Å². The largest absolute Gasteiger partial charge is 0.487 e. The van der Waals surface area contributed by atoms with Gasteiger partial charge < -0.3 is 10.5 Å². The van der Waals surface area contributed by atoms with Gasteiger partial charge in [0.25, 0.3) is 0 Å². The molecule has 2 N–H and O–H groups in total. The average molecular weight is 242 g/mol. The Morgan fingerprint density at radius 2 is 1.89 bits per heavy atom. The van der Waals surface area contributed by atoms with E-state index < -0.39 is 0 Å². The number of aryl methyl sites for hydroxylation is 1. The first kappa shape index (κ1) is 12.6. The molecule has 0 aliphatic carbocycles. The van der Waals surface area contributed by atoms with Crippen LogP contribution in [0, 0.1) is 6.92 Å². The fourth-order valence-corrected chi connectivity index (χ4v) is 1.88. The summed E-state index contributed by atoms with van der Waals surface area (Å²) in [5.74, 6) is 0.833. The summed E-state index contributed by atoms with van der Waals surface area (Å²) in [6.07, 6.45) is 2.65. The van der Waals surface area contributed by atoms with Crippen molar-refractivity contribution in [3.05, 3.63) is 59.4 Å². The number of benzene rings is 1. The molecule has 1 aromatic heterocycles. The summed E-state index contributed by atoms with van der Waals surface area (Å²) in [5, 5.41) is 0. The smallest absolute Gasteiger partial charge is 0.141 e. The third-order valence-corrected chi connectivity index (χ3v) is 2.87. The zero-order chi connectivity index (χ0) is 12.8. The number of hydrogen-bond acceptors (Lipinski definition) is 3. The summed E-state index contributed by atoms with van der Waals surface area (Å²) in [6, 6.07) is 12.1. The maximum Gasteiger partial charge on any atom is 0.141 e. The normalized spacial score (nSPS) is 10.3. The lowest BCUT2D eigenvalue weighted by atomic mass is 10.1. The standard InChI is InChI=1S/C15H18N2O/c1-12-15(7-4-10-17-12)18-11-14-6-3-2-5-13(14)8-9-16/h2-7,10H,8-9,11,16H2,1H3. The Labute approximate surface area is 108 Å². The summed E-state index contributed by atoms with van der Waals surface area (Å²) in [6.45, 7) is 3.16. The van der Waals surface area contributed by atoms with Gasteiger partial charge in [-0.25, -0.2) is 0 Å². The third-order valence-electron chi connectivity index (χ3n) is 2.87. The van der Waals surface area contributed by atoms with Gasteiger partial charge in [0, 0.05) is 6.20 Å². The van der Waals surface area contributed by atoms with E-state index >= 15 is 0 Å². The minimum absolute atomic E-state index is 0.558. The van der Waals surface area contributed by atoms with Crippen LogP contribution in [0.25, 0.3) is 0 Å². The lowest BCUT2D eigenvalue weighted by Crippen LogP contribution is -2.07. The minimum atomic E-state index is 0.558. The molecule has 94 valence electrons. The van der Waals surface area contributed by atoms with Crippen molar-refractivity contribution in [2.45, 2.75) is 20.0 Å². The highest BCUT2D eigenvalue weighted by Gasteiger charge is 2.03. The number of rotatable bonds is 5. The van der Waals surface area contributed by atoms with E-state index in [1.165, 1.54) is 11.1 Å². The van der Waals surface area contributed by atoms with E-state index in [-0.39, 0.29) is 0 Å². The molecule has 0 aliphatic rings. The quantitative estimate of drug-likeness (QED) is 0.876. The van der Waals surface area contributed by atoms with Crippen LogP contribution < -0.4 is 10.5 Å². The Balaban J connectivity index is 2.08. The lowest BCUT2D eigenvalue weighted by molar-refractivity contribution is 0.301. The molecule has 0 saturated heterocycles. The van der Waals surface area contributed by atoms with Gasteiger partial charge in [-0.05, 0) is 43.1 Å². The van der Waals surface area contributed by atoms with E-state index in [0.29, 0.717) is 13.2 Å². The molecule has 3 nitrogen and oxygen atoms in total. The first-order valence-corrected chi connectivity index (χ1v) is 6.12. The topological polar surface area (TPSA) is 48.1 Å². The maximum atomic E-state index is 5.81. The minimum Gasteiger partial charge on any atom is -0.487 e. The van der Waals surface area contributed by atoms with Crippen molar-refractivity contribution >= 4 is 0 Å². The second kappa shape index (κ2) is 6.17. The summed E-state index contributed by atoms with van der Waals surface area (Å²) >= 11 is 0. The van der Waals surface area contributed by atoms with Crippen molar-refractivity contribution in [2.75, 3.05) is 6.54 Å². The molecule has 2 aromatic rings. The predicted octanol–water partition coefficient (Wildman–Crippen LogP) is 2.47. The number of pyridine rings is 1. The van der Waals surface area contributed by atoms with Gasteiger partial charge in [-0.2, -0.15) is 0 Å². The maximum absolute atomic E-state index is 5.81. The fourth-order valence-electron chi connectivity index (χ4n) is 1.88. The molecule has 0 amide bonds. The van der Waals surface area contributed by atoms with Crippen LogP contribution in [-0.4, -0.2) is 11.5 Å². The van der Waals surface area contributed by atoms with Crippen molar-refractivity contribution in [1.82, 2.24) is 4.98 Å². The zero-order valence-corrected chi connectivity index (χ0v) is 10.6. The summed E-state index contributed by atoms with van der Waals surface area (Å²) in [7, 11) is 0. The molecule has 0 fully saturated rings. The molecular formula is C15H18N2O. The predicted molar refractivity (Wildman–Crippen MR) is 72.5 cm³/mol. The van der Waals surface area contributed by atoms with Gasteiger partial charge in [0.15, 0.2) is 0 Å². The number of nitrogens with two attached hydrogens (primary N) is 1. The van der Waals surface area contributed by atoms with Gasteiger partial charge in [0.05, 0.1) is 5.69 Å². The molecule has 2 rings (SSSR count). The van der Waals surface area contributed by atoms with Gasteiger partial charge >= 0.3 is 0 Å². The Kier molecular flexibility index (Phi) is 4.31. The highest BCUT2D eigenvalue weighted by atomic mass is 16.5. The molecule has 0 saturated carbocycles. The first-order valence-electron chi connectivity index (χ1n) is 6.12. The van der Waals surface area contributed by atoms with E-state index in [2.05, 4.69) is 17.1 Å². The lowest BCUT2D eigenvalue weighted by Gasteiger charge is -2.11. The van der Waals surface area contributed by atoms with Crippen LogP contribution in [0.5, 0.6) is 5.75 Å². The van der Waals surface area contributed by atoms with E-state index in [4.69, 9.17) is 10.5 Å². The van der Waals surface area contributed by atoms with Gasteiger partial charge in [-0.1, -0.05) is 24.3 Å². The molecule has 0 atom stereocenters. The van der Waals surface area contributed by atoms with Crippen LogP contribution in [-0.2, 0) is 13.0 Å². The molecule has 0 aliphatic heterocycles. The van der Waals surface area contributed by atoms with Crippen molar-refractivity contribution in [3.8, 4) is 5.75 Å². The molecular weight excluding hydrogens is 224 g/mol. The molecule has 0 unspecified atom stereocenters. The van der Waals surface area contributed by atoms with Crippen molar-refractivity contribution < 1.29 is 4.74 Å². The second-order valence-corrected chi connectivity index (χ2v) is 4.18. The Hall–Kier alpha value is -1.87. The van der Waals surface area contributed by atoms with E-state index in [1.54, 1.807) is 6.20 Å². The second-order valence-electron chi connectivity index (χ2n) is 4.18. The molecule has 0 radical (unpaired) electrons. The van der Waals surface area contributed by atoms with E-state index in [9.17, 15) is 0 Å². The number of hydrogen-bond donors (Lipinski definition) is 1. The Bertz CT molecular complexity index is 511. The highest BCUT2D eigenvalue weighted by Crippen LogP contribution is 2.17. The molecule has 1 heterocycles. The average Bonchev–Trinajstić information content (AvgIpc) is 2.40. The SMILES string of the molecule is Cc1ncccc1OCc1ccccc1CCN. The van der Waals surface area contributed by atoms with Crippen LogP contribution in [0.3, 0.4) is 0 Å². The molecule has 0 spiro atoms. The van der Waals surface area contributed by atoms with Gasteiger partial charge in [-0.3, -0.25) is 4.98 Å². The highest BCUT2D eigenvalue weighted by molar-refractivity contribution is 5.29. The number of ether oxygens (including phenoxy) is 1. The van der Waals surface area contributed by atoms with Crippen LogP contribution in [0.15, 0.2) is 42.6 Å². The van der Waals surface area contributed by atoms with Crippen LogP contribution >= 0.6 is 0 Å². The van der Waals surface area contributed by atoms with Crippen molar-refractivity contribution in [2.24, 2.45) is 5.73 Å². The zero-order valence-electron chi connectivity index (χ0n) is 10.6. The van der Waals surface area contributed by atoms with Crippen molar-refractivity contribution in [1.29, 1.82) is 0 Å². The molecule has 18 heavy (non-hydrogen) atoms. The molecule has 1 aromatic carbocycles. The van der Waals surface area contributed by atoms with E-state index in [1.807, 2.05) is 31.2 Å². The monoisotopic (exact) mass is 242 g/mol. The van der Waals surface area contributed by atoms with Crippen LogP contribution in [0.4, 0.5) is 0 Å². The van der Waals surface area contributed by atoms with Gasteiger partial charge in [0.1, 0.15) is 12.4 Å². The van der Waals surface area contributed by atoms with Crippen LogP contribution in [0.1, 0.15) is 16.8 Å².